The fraction of sp³-hybridized carbons (Fsp3) is 0.267. The van der Waals surface area contributed by atoms with Crippen molar-refractivity contribution in [1.29, 1.82) is 0 Å². The second-order valence-corrected chi connectivity index (χ2v) is 5.04. The van der Waals surface area contributed by atoms with Crippen molar-refractivity contribution in [2.45, 2.75) is 24.5 Å². The van der Waals surface area contributed by atoms with Crippen molar-refractivity contribution in [1.82, 2.24) is 4.98 Å². The summed E-state index contributed by atoms with van der Waals surface area (Å²) in [5, 5.41) is 0. The monoisotopic (exact) mass is 259 g/mol. The molecule has 1 aromatic heterocycles. The van der Waals surface area contributed by atoms with E-state index in [-0.39, 0.29) is 0 Å². The number of pyridine rings is 1. The molecule has 0 N–H and O–H groups in total. The maximum atomic E-state index is 5.55. The smallest absolute Gasteiger partial charge is 0.227 e. The van der Waals surface area contributed by atoms with E-state index in [9.17, 15) is 0 Å². The third-order valence-electron chi connectivity index (χ3n) is 2.47. The lowest BCUT2D eigenvalue weighted by molar-refractivity contribution is 0.318. The van der Waals surface area contributed by atoms with Crippen molar-refractivity contribution in [2.75, 3.05) is 6.61 Å². The molecule has 0 aliphatic heterocycles. The SMILES string of the molecule is CCOc1ncc(C)cc1SCc1ccccc1. The highest BCUT2D eigenvalue weighted by molar-refractivity contribution is 7.98. The summed E-state index contributed by atoms with van der Waals surface area (Å²) in [6.45, 7) is 4.68. The Morgan fingerprint density at radius 3 is 2.72 bits per heavy atom. The van der Waals surface area contributed by atoms with Crippen LogP contribution in [-0.2, 0) is 5.75 Å². The average Bonchev–Trinajstić information content (AvgIpc) is 2.40. The summed E-state index contributed by atoms with van der Waals surface area (Å²) in [6, 6.07) is 12.6. The maximum absolute atomic E-state index is 5.55. The molecule has 0 bridgehead atoms. The normalized spacial score (nSPS) is 10.3. The number of rotatable bonds is 5. The first-order valence-corrected chi connectivity index (χ1v) is 7.04. The van der Waals surface area contributed by atoms with Crippen LogP contribution in [0.2, 0.25) is 0 Å². The van der Waals surface area contributed by atoms with Crippen LogP contribution >= 0.6 is 11.8 Å². The van der Waals surface area contributed by atoms with Crippen LogP contribution in [0.5, 0.6) is 5.88 Å². The van der Waals surface area contributed by atoms with Gasteiger partial charge in [0.15, 0.2) is 0 Å². The summed E-state index contributed by atoms with van der Waals surface area (Å²) >= 11 is 1.77. The second-order valence-electron chi connectivity index (χ2n) is 4.02. The van der Waals surface area contributed by atoms with Crippen molar-refractivity contribution in [3.63, 3.8) is 0 Å². The molecule has 3 heteroatoms. The Bertz CT molecular complexity index is 499. The zero-order valence-electron chi connectivity index (χ0n) is 10.7. The van der Waals surface area contributed by atoms with Gasteiger partial charge in [-0.15, -0.1) is 11.8 Å². The molecule has 2 rings (SSSR count). The van der Waals surface area contributed by atoms with E-state index >= 15 is 0 Å². The molecule has 0 spiro atoms. The predicted octanol–water partition coefficient (Wildman–Crippen LogP) is 4.08. The zero-order chi connectivity index (χ0) is 12.8. The minimum absolute atomic E-state index is 0.648. The Labute approximate surface area is 112 Å². The molecular formula is C15H17NOS. The summed E-state index contributed by atoms with van der Waals surface area (Å²) in [4.78, 5) is 5.45. The van der Waals surface area contributed by atoms with Crippen LogP contribution in [0.25, 0.3) is 0 Å². The molecule has 0 fully saturated rings. The first-order valence-electron chi connectivity index (χ1n) is 6.05. The molecule has 2 aromatic rings. The van der Waals surface area contributed by atoms with Crippen LogP contribution in [0.15, 0.2) is 47.5 Å². The van der Waals surface area contributed by atoms with Crippen molar-refractivity contribution >= 4 is 11.8 Å². The largest absolute Gasteiger partial charge is 0.477 e. The van der Waals surface area contributed by atoms with E-state index < -0.39 is 0 Å². The molecule has 0 aliphatic carbocycles. The van der Waals surface area contributed by atoms with Gasteiger partial charge < -0.3 is 4.74 Å². The molecule has 18 heavy (non-hydrogen) atoms. The van der Waals surface area contributed by atoms with Gasteiger partial charge in [0.2, 0.25) is 5.88 Å². The Balaban J connectivity index is 2.10. The molecule has 0 atom stereocenters. The van der Waals surface area contributed by atoms with Crippen LogP contribution in [0.4, 0.5) is 0 Å². The topological polar surface area (TPSA) is 22.1 Å². The lowest BCUT2D eigenvalue weighted by Crippen LogP contribution is -1.97. The van der Waals surface area contributed by atoms with Gasteiger partial charge in [-0.2, -0.15) is 0 Å². The van der Waals surface area contributed by atoms with Gasteiger partial charge in [-0.1, -0.05) is 30.3 Å². The van der Waals surface area contributed by atoms with Gasteiger partial charge in [-0.3, -0.25) is 0 Å². The van der Waals surface area contributed by atoms with E-state index in [4.69, 9.17) is 4.74 Å². The van der Waals surface area contributed by atoms with Gasteiger partial charge in [0.25, 0.3) is 0 Å². The standard InChI is InChI=1S/C15H17NOS/c1-3-17-15-14(9-12(2)10-16-15)18-11-13-7-5-4-6-8-13/h4-10H,3,11H2,1-2H3. The highest BCUT2D eigenvalue weighted by atomic mass is 32.2. The number of benzene rings is 1. The van der Waals surface area contributed by atoms with E-state index in [0.717, 1.165) is 22.1 Å². The van der Waals surface area contributed by atoms with Gasteiger partial charge in [0.05, 0.1) is 11.5 Å². The number of hydrogen-bond donors (Lipinski definition) is 0. The van der Waals surface area contributed by atoms with E-state index in [1.165, 1.54) is 5.56 Å². The van der Waals surface area contributed by atoms with Crippen LogP contribution < -0.4 is 4.74 Å². The molecule has 0 radical (unpaired) electrons. The Kier molecular flexibility index (Phi) is 4.65. The average molecular weight is 259 g/mol. The summed E-state index contributed by atoms with van der Waals surface area (Å²) in [6.07, 6.45) is 1.84. The van der Waals surface area contributed by atoms with Crippen LogP contribution in [-0.4, -0.2) is 11.6 Å². The highest BCUT2D eigenvalue weighted by Crippen LogP contribution is 2.30. The molecule has 0 aliphatic rings. The lowest BCUT2D eigenvalue weighted by atomic mass is 10.2. The second kappa shape index (κ2) is 6.45. The number of ether oxygens (including phenoxy) is 1. The van der Waals surface area contributed by atoms with Crippen LogP contribution in [0.1, 0.15) is 18.1 Å². The van der Waals surface area contributed by atoms with E-state index in [1.54, 1.807) is 11.8 Å². The van der Waals surface area contributed by atoms with Gasteiger partial charge in [-0.05, 0) is 31.0 Å². The predicted molar refractivity (Wildman–Crippen MR) is 76.1 cm³/mol. The van der Waals surface area contributed by atoms with E-state index in [1.807, 2.05) is 19.2 Å². The molecule has 1 aromatic carbocycles. The van der Waals surface area contributed by atoms with Gasteiger partial charge in [0.1, 0.15) is 0 Å². The minimum Gasteiger partial charge on any atom is -0.477 e. The third kappa shape index (κ3) is 3.50. The molecule has 0 unspecified atom stereocenters. The Hall–Kier alpha value is -1.48. The zero-order valence-corrected chi connectivity index (χ0v) is 11.5. The molecule has 0 saturated heterocycles. The summed E-state index contributed by atoms with van der Waals surface area (Å²) in [7, 11) is 0. The molecule has 94 valence electrons. The fourth-order valence-corrected chi connectivity index (χ4v) is 2.63. The summed E-state index contributed by atoms with van der Waals surface area (Å²) < 4.78 is 5.55. The van der Waals surface area contributed by atoms with Gasteiger partial charge >= 0.3 is 0 Å². The first-order chi connectivity index (χ1) is 8.79. The molecule has 0 amide bonds. The van der Waals surface area contributed by atoms with E-state index in [2.05, 4.69) is 42.2 Å². The summed E-state index contributed by atoms with van der Waals surface area (Å²) in [5.41, 5.74) is 2.47. The van der Waals surface area contributed by atoms with Gasteiger partial charge in [0, 0.05) is 11.9 Å². The Morgan fingerprint density at radius 1 is 1.22 bits per heavy atom. The number of nitrogens with zero attached hydrogens (tertiary/aromatic N) is 1. The van der Waals surface area contributed by atoms with Crippen LogP contribution in [0, 0.1) is 6.92 Å². The highest BCUT2D eigenvalue weighted by Gasteiger charge is 2.06. The van der Waals surface area contributed by atoms with Crippen molar-refractivity contribution in [3.8, 4) is 5.88 Å². The van der Waals surface area contributed by atoms with Gasteiger partial charge in [-0.25, -0.2) is 4.98 Å². The van der Waals surface area contributed by atoms with Crippen molar-refractivity contribution in [3.05, 3.63) is 53.7 Å². The molecule has 2 nitrogen and oxygen atoms in total. The number of aromatic nitrogens is 1. The minimum atomic E-state index is 0.648. The quantitative estimate of drug-likeness (QED) is 0.755. The van der Waals surface area contributed by atoms with Crippen molar-refractivity contribution in [2.24, 2.45) is 0 Å². The Morgan fingerprint density at radius 2 is 2.00 bits per heavy atom. The lowest BCUT2D eigenvalue weighted by Gasteiger charge is -2.09. The maximum Gasteiger partial charge on any atom is 0.227 e. The van der Waals surface area contributed by atoms with Crippen molar-refractivity contribution < 1.29 is 4.74 Å². The molecular weight excluding hydrogens is 242 g/mol. The molecule has 1 heterocycles. The van der Waals surface area contributed by atoms with Crippen LogP contribution in [0.3, 0.4) is 0 Å². The fourth-order valence-electron chi connectivity index (χ4n) is 1.61. The molecule has 0 saturated carbocycles. The summed E-state index contributed by atoms with van der Waals surface area (Å²) in [5.74, 6) is 1.68. The number of thioether (sulfide) groups is 1. The van der Waals surface area contributed by atoms with E-state index in [0.29, 0.717) is 6.61 Å². The first kappa shape index (κ1) is 13.0. The number of hydrogen-bond acceptors (Lipinski definition) is 3. The number of aryl methyl sites for hydroxylation is 1. The third-order valence-corrected chi connectivity index (χ3v) is 3.55.